The zero-order valence-corrected chi connectivity index (χ0v) is 10.9. The lowest BCUT2D eigenvalue weighted by atomic mass is 10.1. The molecule has 1 unspecified atom stereocenters. The molecule has 1 heterocycles. The molecule has 0 bridgehead atoms. The summed E-state index contributed by atoms with van der Waals surface area (Å²) in [6.45, 7) is 1.74. The van der Waals surface area contributed by atoms with E-state index in [2.05, 4.69) is 5.32 Å². The van der Waals surface area contributed by atoms with Crippen molar-refractivity contribution < 1.29 is 13.2 Å². The van der Waals surface area contributed by atoms with Gasteiger partial charge in [-0.25, -0.2) is 8.42 Å². The summed E-state index contributed by atoms with van der Waals surface area (Å²) in [5.74, 6) is 0.699. The Labute approximate surface area is 98.7 Å². The Kier molecular flexibility index (Phi) is 6.31. The third kappa shape index (κ3) is 5.82. The number of rotatable bonds is 7. The quantitative estimate of drug-likeness (QED) is 0.683. The van der Waals surface area contributed by atoms with Gasteiger partial charge in [0.15, 0.2) is 9.84 Å². The molecule has 4 nitrogen and oxygen atoms in total. The van der Waals surface area contributed by atoms with Crippen molar-refractivity contribution in [1.29, 1.82) is 0 Å². The Morgan fingerprint density at radius 1 is 1.31 bits per heavy atom. The lowest BCUT2D eigenvalue weighted by molar-refractivity contribution is 0.192. The zero-order valence-electron chi connectivity index (χ0n) is 10.1. The normalized spacial score (nSPS) is 24.4. The van der Waals surface area contributed by atoms with Crippen molar-refractivity contribution in [3.8, 4) is 0 Å². The van der Waals surface area contributed by atoms with Crippen LogP contribution in [0.3, 0.4) is 0 Å². The molecule has 96 valence electrons. The highest BCUT2D eigenvalue weighted by Gasteiger charge is 2.23. The zero-order chi connectivity index (χ0) is 11.9. The number of unbranched alkanes of at least 4 members (excludes halogenated alkanes) is 2. The van der Waals surface area contributed by atoms with Crippen molar-refractivity contribution in [3.63, 3.8) is 0 Å². The molecule has 0 aliphatic carbocycles. The smallest absolute Gasteiger partial charge is 0.151 e. The number of sulfone groups is 1. The van der Waals surface area contributed by atoms with Crippen molar-refractivity contribution in [2.75, 3.05) is 31.8 Å². The minimum Gasteiger partial charge on any atom is -0.385 e. The number of hydrogen-bond donors (Lipinski definition) is 1. The molecule has 1 rings (SSSR count). The van der Waals surface area contributed by atoms with Crippen LogP contribution in [0.2, 0.25) is 0 Å². The van der Waals surface area contributed by atoms with Gasteiger partial charge in [0.05, 0.1) is 11.5 Å². The van der Waals surface area contributed by atoms with Crippen molar-refractivity contribution >= 4 is 9.84 Å². The van der Waals surface area contributed by atoms with Crippen molar-refractivity contribution in [2.24, 2.45) is 0 Å². The molecule has 0 aromatic rings. The molecule has 1 aliphatic heterocycles. The van der Waals surface area contributed by atoms with Gasteiger partial charge in [-0.3, -0.25) is 0 Å². The molecule has 0 spiro atoms. The predicted molar refractivity (Wildman–Crippen MR) is 65.4 cm³/mol. The van der Waals surface area contributed by atoms with Gasteiger partial charge in [-0.15, -0.1) is 0 Å². The van der Waals surface area contributed by atoms with Crippen LogP contribution in [-0.4, -0.2) is 46.2 Å². The first-order valence-electron chi connectivity index (χ1n) is 6.07. The molecule has 0 radical (unpaired) electrons. The van der Waals surface area contributed by atoms with Gasteiger partial charge in [0.25, 0.3) is 0 Å². The largest absolute Gasteiger partial charge is 0.385 e. The average molecular weight is 249 g/mol. The van der Waals surface area contributed by atoms with Gasteiger partial charge in [0.1, 0.15) is 0 Å². The second-order valence-corrected chi connectivity index (χ2v) is 6.69. The summed E-state index contributed by atoms with van der Waals surface area (Å²) in [4.78, 5) is 0. The van der Waals surface area contributed by atoms with Crippen molar-refractivity contribution in [1.82, 2.24) is 5.32 Å². The van der Waals surface area contributed by atoms with Gasteiger partial charge in [0, 0.05) is 19.8 Å². The molecule has 1 atom stereocenters. The summed E-state index contributed by atoms with van der Waals surface area (Å²) in [7, 11) is -1.05. The molecule has 1 fully saturated rings. The molecule has 0 saturated carbocycles. The number of methoxy groups -OCH3 is 1. The van der Waals surface area contributed by atoms with Crippen LogP contribution in [0.4, 0.5) is 0 Å². The molecular formula is C11H23NO3S. The van der Waals surface area contributed by atoms with Gasteiger partial charge in [-0.05, 0) is 38.6 Å². The van der Waals surface area contributed by atoms with Crippen LogP contribution < -0.4 is 5.32 Å². The maximum absolute atomic E-state index is 11.4. The highest BCUT2D eigenvalue weighted by Crippen LogP contribution is 2.11. The molecule has 0 amide bonds. The van der Waals surface area contributed by atoms with Crippen molar-refractivity contribution in [3.05, 3.63) is 0 Å². The minimum absolute atomic E-state index is 0.182. The Bertz CT molecular complexity index is 277. The van der Waals surface area contributed by atoms with Gasteiger partial charge in [-0.2, -0.15) is 0 Å². The van der Waals surface area contributed by atoms with Crippen LogP contribution in [0.5, 0.6) is 0 Å². The van der Waals surface area contributed by atoms with E-state index in [0.29, 0.717) is 11.5 Å². The SMILES string of the molecule is COCCCCCNC1CCCS(=O)(=O)C1. The van der Waals surface area contributed by atoms with Crippen molar-refractivity contribution in [2.45, 2.75) is 38.1 Å². The minimum atomic E-state index is -2.77. The molecule has 1 aliphatic rings. The van der Waals surface area contributed by atoms with Crippen LogP contribution in [0.15, 0.2) is 0 Å². The van der Waals surface area contributed by atoms with Crippen LogP contribution in [0.25, 0.3) is 0 Å². The van der Waals surface area contributed by atoms with E-state index in [1.54, 1.807) is 7.11 Å². The Hall–Kier alpha value is -0.130. The Morgan fingerprint density at radius 3 is 2.81 bits per heavy atom. The highest BCUT2D eigenvalue weighted by molar-refractivity contribution is 7.91. The molecular weight excluding hydrogens is 226 g/mol. The van der Waals surface area contributed by atoms with E-state index in [1.165, 1.54) is 0 Å². The van der Waals surface area contributed by atoms with E-state index < -0.39 is 9.84 Å². The predicted octanol–water partition coefficient (Wildman–Crippen LogP) is 0.970. The fourth-order valence-electron chi connectivity index (χ4n) is 2.04. The van der Waals surface area contributed by atoms with E-state index in [4.69, 9.17) is 4.74 Å². The van der Waals surface area contributed by atoms with E-state index in [-0.39, 0.29) is 6.04 Å². The fraction of sp³-hybridized carbons (Fsp3) is 1.00. The first kappa shape index (κ1) is 13.9. The Morgan fingerprint density at radius 2 is 2.12 bits per heavy atom. The van der Waals surface area contributed by atoms with Gasteiger partial charge < -0.3 is 10.1 Å². The summed E-state index contributed by atoms with van der Waals surface area (Å²) < 4.78 is 27.7. The summed E-state index contributed by atoms with van der Waals surface area (Å²) in [6, 6.07) is 0.182. The maximum Gasteiger partial charge on any atom is 0.151 e. The van der Waals surface area contributed by atoms with E-state index in [0.717, 1.165) is 45.3 Å². The van der Waals surface area contributed by atoms with Crippen LogP contribution in [-0.2, 0) is 14.6 Å². The second kappa shape index (κ2) is 7.25. The van der Waals surface area contributed by atoms with E-state index in [9.17, 15) is 8.42 Å². The summed E-state index contributed by atoms with van der Waals surface area (Å²) in [5.41, 5.74) is 0. The molecule has 5 heteroatoms. The third-order valence-electron chi connectivity index (χ3n) is 2.92. The highest BCUT2D eigenvalue weighted by atomic mass is 32.2. The Balaban J connectivity index is 2.04. The first-order valence-corrected chi connectivity index (χ1v) is 7.89. The lowest BCUT2D eigenvalue weighted by Gasteiger charge is -2.23. The van der Waals surface area contributed by atoms with Gasteiger partial charge in [0.2, 0.25) is 0 Å². The van der Waals surface area contributed by atoms with Crippen LogP contribution in [0.1, 0.15) is 32.1 Å². The monoisotopic (exact) mass is 249 g/mol. The van der Waals surface area contributed by atoms with E-state index >= 15 is 0 Å². The van der Waals surface area contributed by atoms with Gasteiger partial charge >= 0.3 is 0 Å². The fourth-order valence-corrected chi connectivity index (χ4v) is 3.71. The standard InChI is InChI=1S/C11H23NO3S/c1-15-8-4-2-3-7-12-11-6-5-9-16(13,14)10-11/h11-12H,2-10H2,1H3. The topological polar surface area (TPSA) is 55.4 Å². The molecule has 16 heavy (non-hydrogen) atoms. The number of nitrogens with one attached hydrogen (secondary N) is 1. The summed E-state index contributed by atoms with van der Waals surface area (Å²) in [6.07, 6.45) is 5.13. The third-order valence-corrected chi connectivity index (χ3v) is 4.74. The van der Waals surface area contributed by atoms with Crippen LogP contribution >= 0.6 is 0 Å². The number of hydrogen-bond acceptors (Lipinski definition) is 4. The maximum atomic E-state index is 11.4. The summed E-state index contributed by atoms with van der Waals surface area (Å²) in [5, 5.41) is 3.33. The lowest BCUT2D eigenvalue weighted by Crippen LogP contribution is -2.40. The van der Waals surface area contributed by atoms with E-state index in [1.807, 2.05) is 0 Å². The average Bonchev–Trinajstić information content (AvgIpc) is 2.22. The second-order valence-electron chi connectivity index (χ2n) is 4.46. The molecule has 1 N–H and O–H groups in total. The molecule has 0 aromatic heterocycles. The van der Waals surface area contributed by atoms with Crippen LogP contribution in [0, 0.1) is 0 Å². The number of ether oxygens (including phenoxy) is 1. The van der Waals surface area contributed by atoms with Gasteiger partial charge in [-0.1, -0.05) is 0 Å². The first-order chi connectivity index (χ1) is 7.64. The molecule has 0 aromatic carbocycles. The summed E-state index contributed by atoms with van der Waals surface area (Å²) >= 11 is 0. The molecule has 1 saturated heterocycles.